The highest BCUT2D eigenvalue weighted by Gasteiger charge is 2.22. The van der Waals surface area contributed by atoms with Crippen molar-refractivity contribution in [3.8, 4) is 0 Å². The molecule has 25 heavy (non-hydrogen) atoms. The van der Waals surface area contributed by atoms with Crippen LogP contribution >= 0.6 is 0 Å². The van der Waals surface area contributed by atoms with Gasteiger partial charge in [-0.1, -0.05) is 30.3 Å². The summed E-state index contributed by atoms with van der Waals surface area (Å²) >= 11 is 0. The van der Waals surface area contributed by atoms with E-state index in [0.717, 1.165) is 43.9 Å². The molecule has 1 aliphatic heterocycles. The lowest BCUT2D eigenvalue weighted by molar-refractivity contribution is 0.249. The number of rotatable bonds is 6. The highest BCUT2D eigenvalue weighted by atomic mass is 16.2. The summed E-state index contributed by atoms with van der Waals surface area (Å²) in [6.07, 6.45) is 4.04. The lowest BCUT2D eigenvalue weighted by atomic mass is 10.1. The number of aryl methyl sites for hydroxylation is 2. The molecule has 2 N–H and O–H groups in total. The van der Waals surface area contributed by atoms with Crippen LogP contribution in [0, 0.1) is 12.8 Å². The van der Waals surface area contributed by atoms with E-state index in [2.05, 4.69) is 51.0 Å². The first-order chi connectivity index (χ1) is 12.1. The smallest absolute Gasteiger partial charge is 0.319 e. The zero-order valence-electron chi connectivity index (χ0n) is 15.0. The van der Waals surface area contributed by atoms with Crippen molar-refractivity contribution in [1.29, 1.82) is 0 Å². The van der Waals surface area contributed by atoms with Crippen molar-refractivity contribution in [2.24, 2.45) is 13.0 Å². The van der Waals surface area contributed by atoms with Crippen molar-refractivity contribution in [1.82, 2.24) is 20.0 Å². The number of nitrogens with one attached hydrogen (secondary N) is 2. The van der Waals surface area contributed by atoms with Crippen LogP contribution in [0.15, 0.2) is 36.5 Å². The molecule has 0 spiro atoms. The standard InChI is InChI=1S/C19H27N5O/c1-15-18(14-23(2)22-15)21-19(25)20-12-17-9-11-24(13-17)10-8-16-6-4-3-5-7-16/h3-7,14,17H,8-13H2,1-2H3,(H2,20,21,25)/t17-/m0/s1. The van der Waals surface area contributed by atoms with Crippen LogP contribution < -0.4 is 10.6 Å². The molecule has 0 aliphatic carbocycles. The van der Waals surface area contributed by atoms with Gasteiger partial charge in [0.15, 0.2) is 0 Å². The van der Waals surface area contributed by atoms with Gasteiger partial charge in [0.25, 0.3) is 0 Å². The third-order valence-electron chi connectivity index (χ3n) is 4.74. The fraction of sp³-hybridized carbons (Fsp3) is 0.474. The highest BCUT2D eigenvalue weighted by Crippen LogP contribution is 2.16. The lowest BCUT2D eigenvalue weighted by Crippen LogP contribution is -2.34. The topological polar surface area (TPSA) is 62.2 Å². The number of carbonyl (C=O) groups excluding carboxylic acids is 1. The largest absolute Gasteiger partial charge is 0.338 e. The molecule has 6 nitrogen and oxygen atoms in total. The van der Waals surface area contributed by atoms with Gasteiger partial charge in [-0.3, -0.25) is 4.68 Å². The van der Waals surface area contributed by atoms with Gasteiger partial charge in [-0.2, -0.15) is 5.10 Å². The maximum atomic E-state index is 12.1. The summed E-state index contributed by atoms with van der Waals surface area (Å²) in [6, 6.07) is 10.4. The van der Waals surface area contributed by atoms with E-state index in [1.807, 2.05) is 20.2 Å². The van der Waals surface area contributed by atoms with Crippen LogP contribution in [0.3, 0.4) is 0 Å². The van der Waals surface area contributed by atoms with E-state index in [0.29, 0.717) is 12.5 Å². The van der Waals surface area contributed by atoms with Gasteiger partial charge >= 0.3 is 6.03 Å². The Morgan fingerprint density at radius 3 is 2.84 bits per heavy atom. The molecule has 1 atom stereocenters. The first kappa shape index (κ1) is 17.5. The Morgan fingerprint density at radius 1 is 1.32 bits per heavy atom. The van der Waals surface area contributed by atoms with E-state index in [-0.39, 0.29) is 6.03 Å². The molecule has 134 valence electrons. The number of hydrogen-bond acceptors (Lipinski definition) is 3. The van der Waals surface area contributed by atoms with Gasteiger partial charge in [0.05, 0.1) is 11.4 Å². The number of hydrogen-bond donors (Lipinski definition) is 2. The van der Waals surface area contributed by atoms with E-state index in [9.17, 15) is 4.79 Å². The second-order valence-corrected chi connectivity index (χ2v) is 6.83. The van der Waals surface area contributed by atoms with Crippen LogP contribution in [0.4, 0.5) is 10.5 Å². The number of anilines is 1. The average molecular weight is 341 g/mol. The van der Waals surface area contributed by atoms with Crippen molar-refractivity contribution in [2.45, 2.75) is 19.8 Å². The van der Waals surface area contributed by atoms with E-state index in [1.165, 1.54) is 5.56 Å². The molecule has 0 radical (unpaired) electrons. The molecule has 2 heterocycles. The Balaban J connectivity index is 1.36. The van der Waals surface area contributed by atoms with Crippen molar-refractivity contribution in [3.05, 3.63) is 47.8 Å². The minimum Gasteiger partial charge on any atom is -0.338 e. The van der Waals surface area contributed by atoms with Gasteiger partial charge < -0.3 is 15.5 Å². The van der Waals surface area contributed by atoms with Crippen molar-refractivity contribution < 1.29 is 4.79 Å². The zero-order chi connectivity index (χ0) is 17.6. The van der Waals surface area contributed by atoms with Gasteiger partial charge in [0, 0.05) is 32.9 Å². The molecule has 2 amide bonds. The summed E-state index contributed by atoms with van der Waals surface area (Å²) in [6.45, 7) is 5.85. The van der Waals surface area contributed by atoms with E-state index < -0.39 is 0 Å². The van der Waals surface area contributed by atoms with Gasteiger partial charge in [0.2, 0.25) is 0 Å². The maximum absolute atomic E-state index is 12.1. The molecule has 1 aromatic carbocycles. The molecule has 0 saturated carbocycles. The fourth-order valence-electron chi connectivity index (χ4n) is 3.34. The monoisotopic (exact) mass is 341 g/mol. The Morgan fingerprint density at radius 2 is 2.12 bits per heavy atom. The second-order valence-electron chi connectivity index (χ2n) is 6.83. The van der Waals surface area contributed by atoms with E-state index >= 15 is 0 Å². The van der Waals surface area contributed by atoms with Crippen LogP contribution in [0.5, 0.6) is 0 Å². The summed E-state index contributed by atoms with van der Waals surface area (Å²) in [7, 11) is 1.85. The van der Waals surface area contributed by atoms with Crippen LogP contribution in [0.2, 0.25) is 0 Å². The van der Waals surface area contributed by atoms with Gasteiger partial charge in [-0.25, -0.2) is 4.79 Å². The number of nitrogens with zero attached hydrogens (tertiary/aromatic N) is 3. The highest BCUT2D eigenvalue weighted by molar-refractivity contribution is 5.89. The normalized spacial score (nSPS) is 17.6. The summed E-state index contributed by atoms with van der Waals surface area (Å²) in [5, 5.41) is 10.1. The Labute approximate surface area is 149 Å². The number of likely N-dealkylation sites (tertiary alicyclic amines) is 1. The molecule has 1 saturated heterocycles. The molecule has 1 aliphatic rings. The molecule has 0 bridgehead atoms. The average Bonchev–Trinajstić information content (AvgIpc) is 3.18. The first-order valence-corrected chi connectivity index (χ1v) is 8.91. The van der Waals surface area contributed by atoms with Gasteiger partial charge in [-0.05, 0) is 37.8 Å². The fourth-order valence-corrected chi connectivity index (χ4v) is 3.34. The van der Waals surface area contributed by atoms with Crippen LogP contribution in [0.1, 0.15) is 17.7 Å². The lowest BCUT2D eigenvalue weighted by Gasteiger charge is -2.16. The van der Waals surface area contributed by atoms with Crippen molar-refractivity contribution in [3.63, 3.8) is 0 Å². The van der Waals surface area contributed by atoms with Gasteiger partial charge in [-0.15, -0.1) is 0 Å². The molecule has 1 aromatic heterocycles. The van der Waals surface area contributed by atoms with Crippen LogP contribution in [-0.2, 0) is 13.5 Å². The Hall–Kier alpha value is -2.34. The van der Waals surface area contributed by atoms with Crippen LogP contribution in [-0.4, -0.2) is 46.9 Å². The predicted octanol–water partition coefficient (Wildman–Crippen LogP) is 2.41. The minimum absolute atomic E-state index is 0.154. The molecular weight excluding hydrogens is 314 g/mol. The number of benzene rings is 1. The third-order valence-corrected chi connectivity index (χ3v) is 4.74. The Kier molecular flexibility index (Phi) is 5.71. The second kappa shape index (κ2) is 8.16. The zero-order valence-corrected chi connectivity index (χ0v) is 15.0. The van der Waals surface area contributed by atoms with Crippen molar-refractivity contribution >= 4 is 11.7 Å². The molecule has 0 unspecified atom stereocenters. The predicted molar refractivity (Wildman–Crippen MR) is 99.7 cm³/mol. The molecule has 2 aromatic rings. The van der Waals surface area contributed by atoms with Gasteiger partial charge in [0.1, 0.15) is 0 Å². The molecular formula is C19H27N5O. The SMILES string of the molecule is Cc1nn(C)cc1NC(=O)NC[C@@H]1CCN(CCc2ccccc2)C1. The first-order valence-electron chi connectivity index (χ1n) is 8.91. The number of amides is 2. The summed E-state index contributed by atoms with van der Waals surface area (Å²) in [5.41, 5.74) is 2.97. The van der Waals surface area contributed by atoms with Crippen LogP contribution in [0.25, 0.3) is 0 Å². The summed E-state index contributed by atoms with van der Waals surface area (Å²) in [5.74, 6) is 0.525. The van der Waals surface area contributed by atoms with E-state index in [4.69, 9.17) is 0 Å². The Bertz CT molecular complexity index is 697. The molecule has 6 heteroatoms. The van der Waals surface area contributed by atoms with Crippen molar-refractivity contribution in [2.75, 3.05) is 31.5 Å². The third kappa shape index (κ3) is 5.06. The molecule has 3 rings (SSSR count). The quantitative estimate of drug-likeness (QED) is 0.848. The molecule has 1 fully saturated rings. The summed E-state index contributed by atoms with van der Waals surface area (Å²) in [4.78, 5) is 14.5. The number of carbonyl (C=O) groups is 1. The number of aromatic nitrogens is 2. The summed E-state index contributed by atoms with van der Waals surface area (Å²) < 4.78 is 1.70. The van der Waals surface area contributed by atoms with E-state index in [1.54, 1.807) is 4.68 Å². The maximum Gasteiger partial charge on any atom is 0.319 e. The minimum atomic E-state index is -0.154. The number of urea groups is 1.